The number of piperazine rings is 1. The van der Waals surface area contributed by atoms with E-state index in [1.807, 2.05) is 35.7 Å². The van der Waals surface area contributed by atoms with E-state index in [0.717, 1.165) is 31.6 Å². The van der Waals surface area contributed by atoms with Crippen molar-refractivity contribution in [2.45, 2.75) is 77.9 Å². The van der Waals surface area contributed by atoms with E-state index in [0.29, 0.717) is 54.6 Å². The molecule has 0 saturated carbocycles. The van der Waals surface area contributed by atoms with Crippen LogP contribution in [0.4, 0.5) is 5.69 Å². The van der Waals surface area contributed by atoms with E-state index in [4.69, 9.17) is 9.47 Å². The lowest BCUT2D eigenvalue weighted by atomic mass is 9.95. The summed E-state index contributed by atoms with van der Waals surface area (Å²) in [5, 5.41) is 4.82. The van der Waals surface area contributed by atoms with Crippen LogP contribution in [-0.2, 0) is 14.3 Å². The Bertz CT molecular complexity index is 1090. The van der Waals surface area contributed by atoms with Crippen molar-refractivity contribution in [3.8, 4) is 5.75 Å². The first kappa shape index (κ1) is 30.8. The van der Waals surface area contributed by atoms with Crippen LogP contribution < -0.4 is 10.1 Å². The van der Waals surface area contributed by atoms with Gasteiger partial charge < -0.3 is 14.8 Å². The third-order valence-corrected chi connectivity index (χ3v) is 8.09. The minimum absolute atomic E-state index is 0.0308. The largest absolute Gasteiger partial charge is 0.495 e. The number of nitrogens with one attached hydrogen (secondary N) is 1. The number of methoxy groups -OCH3 is 1. The Morgan fingerprint density at radius 1 is 1.03 bits per heavy atom. The number of hydrogen-bond acceptors (Lipinski definition) is 8. The lowest BCUT2D eigenvalue weighted by molar-refractivity contribution is -0.143. The summed E-state index contributed by atoms with van der Waals surface area (Å²) in [6.07, 6.45) is 2.98. The summed E-state index contributed by atoms with van der Waals surface area (Å²) in [4.78, 5) is 43.4. The lowest BCUT2D eigenvalue weighted by Gasteiger charge is -2.47. The molecule has 1 aliphatic rings. The molecule has 3 rings (SSSR count). The highest BCUT2D eigenvalue weighted by Gasteiger charge is 2.38. The van der Waals surface area contributed by atoms with Gasteiger partial charge in [0.2, 0.25) is 5.91 Å². The van der Waals surface area contributed by atoms with Crippen molar-refractivity contribution in [3.63, 3.8) is 0 Å². The summed E-state index contributed by atoms with van der Waals surface area (Å²) in [6, 6.07) is 9.52. The first-order chi connectivity index (χ1) is 18.8. The van der Waals surface area contributed by atoms with Gasteiger partial charge in [-0.1, -0.05) is 19.1 Å². The molecule has 1 amide bonds. The Balaban J connectivity index is 1.74. The van der Waals surface area contributed by atoms with Crippen LogP contribution >= 0.6 is 11.3 Å². The fourth-order valence-electron chi connectivity index (χ4n) is 5.20. The average Bonchev–Trinajstić information content (AvgIpc) is 3.40. The molecule has 214 valence electrons. The summed E-state index contributed by atoms with van der Waals surface area (Å²) < 4.78 is 10.4. The molecule has 0 aliphatic carbocycles. The predicted octanol–water partition coefficient (Wildman–Crippen LogP) is 5.55. The third kappa shape index (κ3) is 8.37. The van der Waals surface area contributed by atoms with Gasteiger partial charge in [0.25, 0.3) is 0 Å². The second-order valence-corrected chi connectivity index (χ2v) is 11.1. The van der Waals surface area contributed by atoms with E-state index in [2.05, 4.69) is 35.9 Å². The molecule has 0 bridgehead atoms. The number of hydrogen-bond donors (Lipinski definition) is 1. The number of anilines is 1. The van der Waals surface area contributed by atoms with Gasteiger partial charge in [-0.15, -0.1) is 11.3 Å². The Labute approximate surface area is 236 Å². The van der Waals surface area contributed by atoms with Gasteiger partial charge in [-0.2, -0.15) is 0 Å². The molecule has 3 atom stereocenters. The first-order valence-corrected chi connectivity index (χ1v) is 14.9. The van der Waals surface area contributed by atoms with Crippen LogP contribution in [0.5, 0.6) is 5.75 Å². The fraction of sp³-hybridized carbons (Fsp3) is 0.567. The van der Waals surface area contributed by atoms with Gasteiger partial charge >= 0.3 is 5.97 Å². The summed E-state index contributed by atoms with van der Waals surface area (Å²) >= 11 is 1.41. The smallest absolute Gasteiger partial charge is 0.305 e. The van der Waals surface area contributed by atoms with Gasteiger partial charge in [0, 0.05) is 43.7 Å². The minimum atomic E-state index is -0.452. The molecule has 1 aromatic heterocycles. The third-order valence-electron chi connectivity index (χ3n) is 7.18. The molecule has 1 saturated heterocycles. The highest BCUT2D eigenvalue weighted by atomic mass is 32.1. The average molecular weight is 558 g/mol. The van der Waals surface area contributed by atoms with Crippen molar-refractivity contribution in [2.24, 2.45) is 0 Å². The van der Waals surface area contributed by atoms with Gasteiger partial charge in [-0.3, -0.25) is 24.2 Å². The molecule has 9 heteroatoms. The number of unbranched alkanes of at least 4 members (excludes halogenated alkanes) is 1. The van der Waals surface area contributed by atoms with Crippen LogP contribution in [0.3, 0.4) is 0 Å². The monoisotopic (exact) mass is 557 g/mol. The Hall–Kier alpha value is -2.75. The fourth-order valence-corrected chi connectivity index (χ4v) is 6.02. The summed E-state index contributed by atoms with van der Waals surface area (Å²) in [6.45, 7) is 11.5. The quantitative estimate of drug-likeness (QED) is 0.185. The second kappa shape index (κ2) is 15.1. The molecule has 1 N–H and O–H groups in total. The van der Waals surface area contributed by atoms with Crippen molar-refractivity contribution in [1.29, 1.82) is 0 Å². The van der Waals surface area contributed by atoms with Crippen LogP contribution in [0, 0.1) is 0 Å². The second-order valence-electron chi connectivity index (χ2n) is 10.2. The van der Waals surface area contributed by atoms with E-state index < -0.39 is 6.04 Å². The molecule has 0 unspecified atom stereocenters. The summed E-state index contributed by atoms with van der Waals surface area (Å²) in [7, 11) is 1.59. The number of nitrogens with zero attached hydrogens (tertiary/aromatic N) is 2. The van der Waals surface area contributed by atoms with Crippen molar-refractivity contribution in [2.75, 3.05) is 38.7 Å². The van der Waals surface area contributed by atoms with E-state index in [-0.39, 0.29) is 23.7 Å². The van der Waals surface area contributed by atoms with Crippen molar-refractivity contribution >= 4 is 34.7 Å². The predicted molar refractivity (Wildman–Crippen MR) is 156 cm³/mol. The normalized spacial score (nSPS) is 18.9. The van der Waals surface area contributed by atoms with E-state index >= 15 is 0 Å². The number of Topliss-reactive ketones (excluding diaryl/α,β-unsaturated/α-hetero) is 1. The van der Waals surface area contributed by atoms with E-state index in [9.17, 15) is 14.4 Å². The summed E-state index contributed by atoms with van der Waals surface area (Å²) in [5.74, 6) is 0.306. The number of ketones is 1. The van der Waals surface area contributed by atoms with Crippen LogP contribution in [-0.4, -0.2) is 72.9 Å². The van der Waals surface area contributed by atoms with Gasteiger partial charge in [0.05, 0.1) is 13.7 Å². The standard InChI is InChI=1S/C30H43N3O5S/c1-6-17-32-19-22(4)33(20-21(32)3)28(29(36)30-25(37-5)16-18-39-30)23-12-14-24(15-13-23)31-26(34)10-8-9-11-27(35)38-7-2/h12-16,18,21-22,28H,6-11,17,19-20H2,1-5H3,(H,31,34)/t21-,22+,28-/m1/s1. The number of carbonyl (C=O) groups excluding carboxylic acids is 3. The molecule has 2 aromatic rings. The van der Waals surface area contributed by atoms with Crippen molar-refractivity contribution in [3.05, 3.63) is 46.2 Å². The Kier molecular flexibility index (Phi) is 12.0. The lowest BCUT2D eigenvalue weighted by Crippen LogP contribution is -2.58. The number of rotatable bonds is 14. The van der Waals surface area contributed by atoms with E-state index in [1.165, 1.54) is 11.3 Å². The van der Waals surface area contributed by atoms with Crippen molar-refractivity contribution < 1.29 is 23.9 Å². The van der Waals surface area contributed by atoms with Crippen LogP contribution in [0.1, 0.15) is 81.1 Å². The van der Waals surface area contributed by atoms with Crippen LogP contribution in [0.15, 0.2) is 35.7 Å². The summed E-state index contributed by atoms with van der Waals surface area (Å²) in [5.41, 5.74) is 1.58. The van der Waals surface area contributed by atoms with Gasteiger partial charge in [-0.25, -0.2) is 0 Å². The van der Waals surface area contributed by atoms with E-state index in [1.54, 1.807) is 14.0 Å². The zero-order chi connectivity index (χ0) is 28.4. The zero-order valence-electron chi connectivity index (χ0n) is 23.9. The van der Waals surface area contributed by atoms with Crippen molar-refractivity contribution in [1.82, 2.24) is 9.80 Å². The highest BCUT2D eigenvalue weighted by Crippen LogP contribution is 2.36. The molecule has 1 aliphatic heterocycles. The number of carbonyl (C=O) groups is 3. The molecule has 1 fully saturated rings. The van der Waals surface area contributed by atoms with Gasteiger partial charge in [0.15, 0.2) is 5.78 Å². The number of benzene rings is 1. The van der Waals surface area contributed by atoms with Gasteiger partial charge in [-0.05, 0) is 75.7 Å². The molecule has 2 heterocycles. The molecular weight excluding hydrogens is 514 g/mol. The minimum Gasteiger partial charge on any atom is -0.495 e. The Morgan fingerprint density at radius 2 is 1.74 bits per heavy atom. The molecule has 0 spiro atoms. The number of ether oxygens (including phenoxy) is 2. The molecule has 1 aromatic carbocycles. The Morgan fingerprint density at radius 3 is 2.41 bits per heavy atom. The molecular formula is C30H43N3O5S. The SMILES string of the molecule is CCCN1C[C@H](C)N([C@@H](C(=O)c2sccc2OC)c2ccc(NC(=O)CCCCC(=O)OCC)cc2)C[C@H]1C. The molecule has 8 nitrogen and oxygen atoms in total. The molecule has 39 heavy (non-hydrogen) atoms. The number of thiophene rings is 1. The maximum absolute atomic E-state index is 14.0. The van der Waals surface area contributed by atoms with Crippen LogP contribution in [0.25, 0.3) is 0 Å². The maximum Gasteiger partial charge on any atom is 0.305 e. The van der Waals surface area contributed by atoms with Crippen LogP contribution in [0.2, 0.25) is 0 Å². The number of esters is 1. The number of amides is 1. The first-order valence-electron chi connectivity index (χ1n) is 14.0. The molecule has 0 radical (unpaired) electrons. The maximum atomic E-state index is 14.0. The highest BCUT2D eigenvalue weighted by molar-refractivity contribution is 7.12. The zero-order valence-corrected chi connectivity index (χ0v) is 24.7. The topological polar surface area (TPSA) is 88.2 Å². The van der Waals surface area contributed by atoms with Gasteiger partial charge in [0.1, 0.15) is 16.7 Å².